The summed E-state index contributed by atoms with van der Waals surface area (Å²) in [5.74, 6) is 0.381. The van der Waals surface area contributed by atoms with Crippen LogP contribution >= 0.6 is 0 Å². The van der Waals surface area contributed by atoms with Crippen LogP contribution in [-0.2, 0) is 11.3 Å². The quantitative estimate of drug-likeness (QED) is 0.848. The minimum absolute atomic E-state index is 0.144. The van der Waals surface area contributed by atoms with Crippen molar-refractivity contribution in [3.8, 4) is 0 Å². The zero-order valence-electron chi connectivity index (χ0n) is 10.2. The predicted octanol–water partition coefficient (Wildman–Crippen LogP) is 1.04. The summed E-state index contributed by atoms with van der Waals surface area (Å²) in [5, 5.41) is 3.27. The van der Waals surface area contributed by atoms with Gasteiger partial charge in [-0.3, -0.25) is 9.78 Å². The van der Waals surface area contributed by atoms with Gasteiger partial charge < -0.3 is 10.2 Å². The molecule has 0 saturated carbocycles. The molecule has 4 nitrogen and oxygen atoms in total. The van der Waals surface area contributed by atoms with Crippen LogP contribution < -0.4 is 5.32 Å². The summed E-state index contributed by atoms with van der Waals surface area (Å²) in [4.78, 5) is 18.0. The summed E-state index contributed by atoms with van der Waals surface area (Å²) >= 11 is 0. The van der Waals surface area contributed by atoms with Crippen LogP contribution in [0.25, 0.3) is 0 Å². The predicted molar refractivity (Wildman–Crippen MR) is 66.3 cm³/mol. The minimum atomic E-state index is 0.144. The number of amides is 1. The average Bonchev–Trinajstić information content (AvgIpc) is 2.40. The molecular formula is C13H19N3O. The smallest absolute Gasteiger partial charge is 0.227 e. The molecule has 0 aliphatic carbocycles. The number of carbonyl (C=O) groups excluding carboxylic acids is 1. The molecule has 1 aromatic rings. The van der Waals surface area contributed by atoms with Crippen LogP contribution in [0.2, 0.25) is 0 Å². The lowest BCUT2D eigenvalue weighted by Gasteiger charge is -2.27. The van der Waals surface area contributed by atoms with Crippen molar-refractivity contribution in [1.82, 2.24) is 15.2 Å². The monoisotopic (exact) mass is 233 g/mol. The van der Waals surface area contributed by atoms with E-state index in [2.05, 4.69) is 10.3 Å². The van der Waals surface area contributed by atoms with E-state index in [0.29, 0.717) is 6.54 Å². The largest absolute Gasteiger partial charge is 0.341 e. The molecule has 1 unspecified atom stereocenters. The van der Waals surface area contributed by atoms with E-state index < -0.39 is 0 Å². The molecule has 1 amide bonds. The first-order chi connectivity index (χ1) is 8.27. The summed E-state index contributed by atoms with van der Waals surface area (Å²) in [6, 6.07) is 3.89. The second kappa shape index (κ2) is 5.77. The summed E-state index contributed by atoms with van der Waals surface area (Å²) in [5.41, 5.74) is 1.08. The molecule has 1 aliphatic heterocycles. The molecule has 0 spiro atoms. The molecule has 17 heavy (non-hydrogen) atoms. The minimum Gasteiger partial charge on any atom is -0.341 e. The Labute approximate surface area is 102 Å². The number of piperidine rings is 1. The van der Waals surface area contributed by atoms with E-state index >= 15 is 0 Å². The Morgan fingerprint density at radius 1 is 1.65 bits per heavy atom. The van der Waals surface area contributed by atoms with E-state index in [1.807, 2.05) is 25.4 Å². The second-order valence-electron chi connectivity index (χ2n) is 4.60. The van der Waals surface area contributed by atoms with Gasteiger partial charge in [0.05, 0.1) is 5.92 Å². The highest BCUT2D eigenvalue weighted by atomic mass is 16.2. The van der Waals surface area contributed by atoms with Gasteiger partial charge in [-0.1, -0.05) is 6.07 Å². The van der Waals surface area contributed by atoms with Gasteiger partial charge in [-0.15, -0.1) is 0 Å². The van der Waals surface area contributed by atoms with E-state index in [-0.39, 0.29) is 11.8 Å². The number of pyridine rings is 1. The fourth-order valence-corrected chi connectivity index (χ4v) is 2.22. The number of rotatable bonds is 3. The van der Waals surface area contributed by atoms with Gasteiger partial charge in [-0.05, 0) is 31.0 Å². The first-order valence-corrected chi connectivity index (χ1v) is 6.12. The number of aromatic nitrogens is 1. The summed E-state index contributed by atoms with van der Waals surface area (Å²) in [6.07, 6.45) is 5.65. The first kappa shape index (κ1) is 12.0. The normalized spacial score (nSPS) is 19.9. The van der Waals surface area contributed by atoms with Gasteiger partial charge in [0.15, 0.2) is 0 Å². The Morgan fingerprint density at radius 2 is 2.53 bits per heavy atom. The van der Waals surface area contributed by atoms with Gasteiger partial charge in [-0.25, -0.2) is 0 Å². The number of carbonyl (C=O) groups is 1. The van der Waals surface area contributed by atoms with Crippen molar-refractivity contribution >= 4 is 5.91 Å². The first-order valence-electron chi connectivity index (χ1n) is 6.12. The molecule has 1 N–H and O–H groups in total. The Kier molecular flexibility index (Phi) is 4.09. The standard InChI is InChI=1S/C13H19N3O/c1-16(10-11-4-2-6-14-8-11)13(17)12-5-3-7-15-9-12/h2,4,6,8,12,15H,3,5,7,9-10H2,1H3. The molecule has 0 aromatic carbocycles. The van der Waals surface area contributed by atoms with Gasteiger partial charge in [0.1, 0.15) is 0 Å². The number of nitrogens with one attached hydrogen (secondary N) is 1. The van der Waals surface area contributed by atoms with Crippen molar-refractivity contribution in [3.05, 3.63) is 30.1 Å². The van der Waals surface area contributed by atoms with E-state index in [1.165, 1.54) is 0 Å². The number of hydrogen-bond donors (Lipinski definition) is 1. The van der Waals surface area contributed by atoms with Crippen LogP contribution in [0, 0.1) is 5.92 Å². The van der Waals surface area contributed by atoms with E-state index in [9.17, 15) is 4.79 Å². The number of nitrogens with zero attached hydrogens (tertiary/aromatic N) is 2. The zero-order valence-corrected chi connectivity index (χ0v) is 10.2. The Morgan fingerprint density at radius 3 is 3.18 bits per heavy atom. The molecule has 1 atom stereocenters. The zero-order chi connectivity index (χ0) is 12.1. The fraction of sp³-hybridized carbons (Fsp3) is 0.538. The molecule has 1 aromatic heterocycles. The van der Waals surface area contributed by atoms with Crippen LogP contribution in [0.3, 0.4) is 0 Å². The second-order valence-corrected chi connectivity index (χ2v) is 4.60. The molecule has 1 fully saturated rings. The Balaban J connectivity index is 1.90. The van der Waals surface area contributed by atoms with E-state index in [1.54, 1.807) is 11.1 Å². The molecule has 1 aliphatic rings. The van der Waals surface area contributed by atoms with Crippen molar-refractivity contribution in [2.24, 2.45) is 5.92 Å². The van der Waals surface area contributed by atoms with Crippen molar-refractivity contribution < 1.29 is 4.79 Å². The van der Waals surface area contributed by atoms with Crippen LogP contribution in [-0.4, -0.2) is 35.9 Å². The topological polar surface area (TPSA) is 45.2 Å². The lowest BCUT2D eigenvalue weighted by atomic mass is 9.98. The molecule has 1 saturated heterocycles. The summed E-state index contributed by atoms with van der Waals surface area (Å²) in [6.45, 7) is 2.50. The van der Waals surface area contributed by atoms with E-state index in [0.717, 1.165) is 31.5 Å². The highest BCUT2D eigenvalue weighted by Crippen LogP contribution is 2.14. The highest BCUT2D eigenvalue weighted by Gasteiger charge is 2.23. The molecule has 4 heteroatoms. The lowest BCUT2D eigenvalue weighted by molar-refractivity contribution is -0.135. The van der Waals surface area contributed by atoms with Crippen molar-refractivity contribution in [2.75, 3.05) is 20.1 Å². The molecule has 2 heterocycles. The molecule has 0 radical (unpaired) electrons. The third-order valence-electron chi connectivity index (χ3n) is 3.16. The van der Waals surface area contributed by atoms with Crippen LogP contribution in [0.5, 0.6) is 0 Å². The molecular weight excluding hydrogens is 214 g/mol. The third kappa shape index (κ3) is 3.27. The van der Waals surface area contributed by atoms with E-state index in [4.69, 9.17) is 0 Å². The fourth-order valence-electron chi connectivity index (χ4n) is 2.22. The van der Waals surface area contributed by atoms with Gasteiger partial charge in [0.25, 0.3) is 0 Å². The van der Waals surface area contributed by atoms with Crippen molar-refractivity contribution in [1.29, 1.82) is 0 Å². The average molecular weight is 233 g/mol. The van der Waals surface area contributed by atoms with Crippen LogP contribution in [0.1, 0.15) is 18.4 Å². The number of hydrogen-bond acceptors (Lipinski definition) is 3. The summed E-state index contributed by atoms with van der Waals surface area (Å²) < 4.78 is 0. The van der Waals surface area contributed by atoms with Crippen molar-refractivity contribution in [3.63, 3.8) is 0 Å². The molecule has 0 bridgehead atoms. The van der Waals surface area contributed by atoms with Crippen LogP contribution in [0.4, 0.5) is 0 Å². The maximum Gasteiger partial charge on any atom is 0.227 e. The summed E-state index contributed by atoms with van der Waals surface area (Å²) in [7, 11) is 1.87. The Bertz CT molecular complexity index is 360. The Hall–Kier alpha value is -1.42. The van der Waals surface area contributed by atoms with Gasteiger partial charge in [0.2, 0.25) is 5.91 Å². The van der Waals surface area contributed by atoms with Gasteiger partial charge in [-0.2, -0.15) is 0 Å². The van der Waals surface area contributed by atoms with Crippen molar-refractivity contribution in [2.45, 2.75) is 19.4 Å². The molecule has 92 valence electrons. The van der Waals surface area contributed by atoms with Crippen LogP contribution in [0.15, 0.2) is 24.5 Å². The maximum absolute atomic E-state index is 12.2. The lowest BCUT2D eigenvalue weighted by Crippen LogP contribution is -2.41. The molecule has 2 rings (SSSR count). The SMILES string of the molecule is CN(Cc1cccnc1)C(=O)C1CCCNC1. The highest BCUT2D eigenvalue weighted by molar-refractivity contribution is 5.78. The van der Waals surface area contributed by atoms with Gasteiger partial charge in [0, 0.05) is 32.5 Å². The maximum atomic E-state index is 12.2. The third-order valence-corrected chi connectivity index (χ3v) is 3.16. The van der Waals surface area contributed by atoms with Gasteiger partial charge >= 0.3 is 0 Å².